The third-order valence-electron chi connectivity index (χ3n) is 4.39. The maximum atomic E-state index is 12.4. The van der Waals surface area contributed by atoms with Crippen molar-refractivity contribution in [2.75, 3.05) is 4.90 Å². The third-order valence-corrected chi connectivity index (χ3v) is 4.39. The van der Waals surface area contributed by atoms with Gasteiger partial charge in [-0.1, -0.05) is 0 Å². The predicted octanol–water partition coefficient (Wildman–Crippen LogP) is 1.06. The molecule has 0 aliphatic carbocycles. The van der Waals surface area contributed by atoms with Crippen LogP contribution in [0.15, 0.2) is 24.3 Å². The molecule has 0 spiro atoms. The Labute approximate surface area is 109 Å². The highest BCUT2D eigenvalue weighted by molar-refractivity contribution is 6.22. The lowest BCUT2D eigenvalue weighted by Gasteiger charge is -2.17. The van der Waals surface area contributed by atoms with Crippen molar-refractivity contribution in [2.45, 2.75) is 25.0 Å². The van der Waals surface area contributed by atoms with Gasteiger partial charge < -0.3 is 9.84 Å². The largest absolute Gasteiger partial charge is 0.508 e. The topological polar surface area (TPSA) is 66.8 Å². The zero-order valence-corrected chi connectivity index (χ0v) is 10.2. The van der Waals surface area contributed by atoms with Gasteiger partial charge in [-0.15, -0.1) is 0 Å². The second kappa shape index (κ2) is 3.57. The minimum Gasteiger partial charge on any atom is -0.508 e. The zero-order valence-electron chi connectivity index (χ0n) is 10.2. The fourth-order valence-electron chi connectivity index (χ4n) is 3.57. The van der Waals surface area contributed by atoms with Gasteiger partial charge >= 0.3 is 0 Å². The van der Waals surface area contributed by atoms with E-state index in [1.807, 2.05) is 0 Å². The van der Waals surface area contributed by atoms with Gasteiger partial charge in [0.1, 0.15) is 5.75 Å². The summed E-state index contributed by atoms with van der Waals surface area (Å²) in [6.45, 7) is 0. The fraction of sp³-hybridized carbons (Fsp3) is 0.429. The van der Waals surface area contributed by atoms with Crippen LogP contribution in [0.5, 0.6) is 5.75 Å². The molecule has 4 atom stereocenters. The van der Waals surface area contributed by atoms with Crippen molar-refractivity contribution in [3.63, 3.8) is 0 Å². The number of fused-ring (bicyclic) bond motifs is 5. The van der Waals surface area contributed by atoms with E-state index in [1.165, 1.54) is 17.0 Å². The number of hydrogen-bond acceptors (Lipinski definition) is 4. The molecule has 5 heteroatoms. The van der Waals surface area contributed by atoms with Crippen LogP contribution in [0.1, 0.15) is 12.8 Å². The number of anilines is 1. The molecular weight excluding hydrogens is 246 g/mol. The first-order valence-corrected chi connectivity index (χ1v) is 6.49. The summed E-state index contributed by atoms with van der Waals surface area (Å²) in [5, 5.41) is 9.28. The Balaban J connectivity index is 1.73. The normalized spacial score (nSPS) is 36.1. The molecule has 0 aromatic heterocycles. The number of hydrogen-bond donors (Lipinski definition) is 1. The van der Waals surface area contributed by atoms with Crippen molar-refractivity contribution < 1.29 is 19.4 Å². The van der Waals surface area contributed by atoms with Gasteiger partial charge in [0.25, 0.3) is 0 Å². The summed E-state index contributed by atoms with van der Waals surface area (Å²) in [5.74, 6) is -0.813. The van der Waals surface area contributed by atoms with Crippen molar-refractivity contribution in [3.8, 4) is 5.75 Å². The summed E-state index contributed by atoms with van der Waals surface area (Å²) in [4.78, 5) is 26.1. The summed E-state index contributed by atoms with van der Waals surface area (Å²) >= 11 is 0. The average molecular weight is 259 g/mol. The van der Waals surface area contributed by atoms with Crippen LogP contribution in [-0.4, -0.2) is 29.1 Å². The van der Waals surface area contributed by atoms with Gasteiger partial charge in [-0.2, -0.15) is 0 Å². The Hall–Kier alpha value is -1.88. The van der Waals surface area contributed by atoms with E-state index >= 15 is 0 Å². The molecule has 5 nitrogen and oxygen atoms in total. The van der Waals surface area contributed by atoms with E-state index in [2.05, 4.69) is 0 Å². The molecule has 0 unspecified atom stereocenters. The molecule has 3 aliphatic heterocycles. The standard InChI is InChI=1S/C14H13NO4/c16-8-3-1-7(2-4-8)15-13(17)11-9-5-6-10(19-9)12(11)14(15)18/h1-4,9-12,16H,5-6H2/t9-,10+,11+,12-. The van der Waals surface area contributed by atoms with Crippen LogP contribution >= 0.6 is 0 Å². The van der Waals surface area contributed by atoms with Crippen molar-refractivity contribution in [3.05, 3.63) is 24.3 Å². The number of imide groups is 1. The number of carbonyl (C=O) groups excluding carboxylic acids is 2. The number of phenolic OH excluding ortho intramolecular Hbond substituents is 1. The molecule has 2 amide bonds. The number of carbonyl (C=O) groups is 2. The summed E-state index contributed by atoms with van der Waals surface area (Å²) in [6, 6.07) is 6.15. The van der Waals surface area contributed by atoms with E-state index < -0.39 is 0 Å². The Morgan fingerprint density at radius 3 is 2.05 bits per heavy atom. The second-order valence-electron chi connectivity index (χ2n) is 5.37. The highest BCUT2D eigenvalue weighted by atomic mass is 16.5. The van der Waals surface area contributed by atoms with Gasteiger partial charge in [-0.3, -0.25) is 9.59 Å². The number of phenols is 1. The number of aromatic hydroxyl groups is 1. The molecular formula is C14H13NO4. The Morgan fingerprint density at radius 2 is 1.53 bits per heavy atom. The van der Waals surface area contributed by atoms with E-state index in [9.17, 15) is 14.7 Å². The van der Waals surface area contributed by atoms with Crippen molar-refractivity contribution >= 4 is 17.5 Å². The number of rotatable bonds is 1. The van der Waals surface area contributed by atoms with Crippen LogP contribution in [-0.2, 0) is 14.3 Å². The number of benzene rings is 1. The van der Waals surface area contributed by atoms with Crippen molar-refractivity contribution in [1.82, 2.24) is 0 Å². The van der Waals surface area contributed by atoms with Crippen LogP contribution in [0.2, 0.25) is 0 Å². The van der Waals surface area contributed by atoms with Gasteiger partial charge in [-0.25, -0.2) is 4.90 Å². The van der Waals surface area contributed by atoms with E-state index in [0.717, 1.165) is 12.8 Å². The summed E-state index contributed by atoms with van der Waals surface area (Å²) in [7, 11) is 0. The Kier molecular flexibility index (Phi) is 2.07. The minimum absolute atomic E-state index is 0.0893. The quantitative estimate of drug-likeness (QED) is 0.766. The first kappa shape index (κ1) is 11.0. The first-order chi connectivity index (χ1) is 9.16. The second-order valence-corrected chi connectivity index (χ2v) is 5.37. The molecule has 3 heterocycles. The van der Waals surface area contributed by atoms with Crippen LogP contribution in [0.4, 0.5) is 5.69 Å². The smallest absolute Gasteiger partial charge is 0.240 e. The fourth-order valence-corrected chi connectivity index (χ4v) is 3.57. The molecule has 0 saturated carbocycles. The number of nitrogens with zero attached hydrogens (tertiary/aromatic N) is 1. The Morgan fingerprint density at radius 1 is 1.00 bits per heavy atom. The summed E-state index contributed by atoms with van der Waals surface area (Å²) in [6.07, 6.45) is 1.56. The summed E-state index contributed by atoms with van der Waals surface area (Å²) < 4.78 is 5.68. The highest BCUT2D eigenvalue weighted by Gasteiger charge is 2.62. The molecule has 3 saturated heterocycles. The van der Waals surface area contributed by atoms with Crippen LogP contribution < -0.4 is 4.90 Å². The SMILES string of the molecule is O=C1[C@@H]2[C@H](C(=O)N1c1ccc(O)cc1)[C@@H]1CC[C@H]2O1. The van der Waals surface area contributed by atoms with Crippen molar-refractivity contribution in [1.29, 1.82) is 0 Å². The van der Waals surface area contributed by atoms with Crippen molar-refractivity contribution in [2.24, 2.45) is 11.8 Å². The van der Waals surface area contributed by atoms with Gasteiger partial charge in [0, 0.05) is 0 Å². The van der Waals surface area contributed by atoms with E-state index in [1.54, 1.807) is 12.1 Å². The molecule has 4 rings (SSSR count). The predicted molar refractivity (Wildman–Crippen MR) is 65.5 cm³/mol. The molecule has 1 N–H and O–H groups in total. The first-order valence-electron chi connectivity index (χ1n) is 6.49. The lowest BCUT2D eigenvalue weighted by Crippen LogP contribution is -2.34. The Bertz CT molecular complexity index is 539. The van der Waals surface area contributed by atoms with Crippen LogP contribution in [0, 0.1) is 11.8 Å². The van der Waals surface area contributed by atoms with Gasteiger partial charge in [0.2, 0.25) is 11.8 Å². The lowest BCUT2D eigenvalue weighted by molar-refractivity contribution is -0.124. The average Bonchev–Trinajstić information content (AvgIpc) is 3.06. The third kappa shape index (κ3) is 1.33. The maximum Gasteiger partial charge on any atom is 0.240 e. The van der Waals surface area contributed by atoms with Gasteiger partial charge in [-0.05, 0) is 37.1 Å². The molecule has 3 fully saturated rings. The molecule has 0 radical (unpaired) electrons. The van der Waals surface area contributed by atoms with Crippen LogP contribution in [0.25, 0.3) is 0 Å². The summed E-state index contributed by atoms with van der Waals surface area (Å²) in [5.41, 5.74) is 0.529. The molecule has 19 heavy (non-hydrogen) atoms. The molecule has 1 aromatic carbocycles. The van der Waals surface area contributed by atoms with E-state index in [-0.39, 0.29) is 41.6 Å². The molecule has 98 valence electrons. The highest BCUT2D eigenvalue weighted by Crippen LogP contribution is 2.49. The zero-order chi connectivity index (χ0) is 13.1. The number of ether oxygens (including phenoxy) is 1. The minimum atomic E-state index is -0.306. The molecule has 3 aliphatic rings. The van der Waals surface area contributed by atoms with E-state index in [0.29, 0.717) is 5.69 Å². The maximum absolute atomic E-state index is 12.4. The van der Waals surface area contributed by atoms with Gasteiger partial charge in [0.05, 0.1) is 29.7 Å². The number of amides is 2. The van der Waals surface area contributed by atoms with E-state index in [4.69, 9.17) is 4.74 Å². The van der Waals surface area contributed by atoms with Crippen LogP contribution in [0.3, 0.4) is 0 Å². The molecule has 1 aromatic rings. The monoisotopic (exact) mass is 259 g/mol. The lowest BCUT2D eigenvalue weighted by atomic mass is 9.81. The molecule has 2 bridgehead atoms. The van der Waals surface area contributed by atoms with Gasteiger partial charge in [0.15, 0.2) is 0 Å².